The maximum absolute atomic E-state index is 10.5. The highest BCUT2D eigenvalue weighted by Crippen LogP contribution is 2.35. The molecule has 0 radical (unpaired) electrons. The Morgan fingerprint density at radius 2 is 1.49 bits per heavy atom. The van der Waals surface area contributed by atoms with Crippen molar-refractivity contribution in [1.82, 2.24) is 9.80 Å². The molecular formula is C30H46N2O3. The third-order valence-corrected chi connectivity index (χ3v) is 6.63. The number of rotatable bonds is 10. The summed E-state index contributed by atoms with van der Waals surface area (Å²) in [6.07, 6.45) is -0.480. The second kappa shape index (κ2) is 12.4. The van der Waals surface area contributed by atoms with Crippen molar-refractivity contribution in [2.45, 2.75) is 65.0 Å². The molecule has 5 heteroatoms. The summed E-state index contributed by atoms with van der Waals surface area (Å²) in [6.45, 7) is 20.3. The summed E-state index contributed by atoms with van der Waals surface area (Å²) < 4.78 is 11.9. The third-order valence-electron chi connectivity index (χ3n) is 6.63. The number of ether oxygens (including phenoxy) is 2. The predicted molar refractivity (Wildman–Crippen MR) is 144 cm³/mol. The zero-order chi connectivity index (χ0) is 25.5. The van der Waals surface area contributed by atoms with Gasteiger partial charge < -0.3 is 14.6 Å². The SMILES string of the molecule is CC(C)(C)c1ccc(OCCOC[C@@H](O)CN2CCN(Cc3ccccc3)CC2)c(C(C)(C)C)c1. The third kappa shape index (κ3) is 8.91. The average molecular weight is 483 g/mol. The van der Waals surface area contributed by atoms with Crippen LogP contribution in [0, 0.1) is 0 Å². The number of hydrogen-bond donors (Lipinski definition) is 1. The summed E-state index contributed by atoms with van der Waals surface area (Å²) in [5, 5.41) is 10.5. The molecule has 0 aromatic heterocycles. The second-order valence-corrected chi connectivity index (χ2v) is 11.9. The number of benzene rings is 2. The average Bonchev–Trinajstić information content (AvgIpc) is 2.79. The monoisotopic (exact) mass is 482 g/mol. The first-order valence-corrected chi connectivity index (χ1v) is 13.0. The van der Waals surface area contributed by atoms with E-state index in [4.69, 9.17) is 9.47 Å². The van der Waals surface area contributed by atoms with E-state index in [9.17, 15) is 5.11 Å². The molecule has 1 N–H and O–H groups in total. The van der Waals surface area contributed by atoms with Crippen LogP contribution in [0.15, 0.2) is 48.5 Å². The summed E-state index contributed by atoms with van der Waals surface area (Å²) in [6, 6.07) is 17.1. The van der Waals surface area contributed by atoms with Gasteiger partial charge in [0.05, 0.1) is 19.3 Å². The van der Waals surface area contributed by atoms with Gasteiger partial charge in [0.15, 0.2) is 0 Å². The van der Waals surface area contributed by atoms with Gasteiger partial charge in [-0.15, -0.1) is 0 Å². The Labute approximate surface area is 213 Å². The second-order valence-electron chi connectivity index (χ2n) is 11.9. The van der Waals surface area contributed by atoms with Crippen molar-refractivity contribution in [3.63, 3.8) is 0 Å². The Balaban J connectivity index is 1.35. The molecule has 35 heavy (non-hydrogen) atoms. The Kier molecular flexibility index (Phi) is 9.77. The molecule has 0 unspecified atom stereocenters. The fourth-order valence-electron chi connectivity index (χ4n) is 4.46. The molecule has 1 fully saturated rings. The van der Waals surface area contributed by atoms with Crippen LogP contribution in [0.3, 0.4) is 0 Å². The van der Waals surface area contributed by atoms with Crippen molar-refractivity contribution in [2.24, 2.45) is 0 Å². The molecule has 0 spiro atoms. The number of nitrogens with zero attached hydrogens (tertiary/aromatic N) is 2. The van der Waals surface area contributed by atoms with Crippen LogP contribution in [0.25, 0.3) is 0 Å². The molecule has 5 nitrogen and oxygen atoms in total. The highest BCUT2D eigenvalue weighted by molar-refractivity contribution is 5.43. The largest absolute Gasteiger partial charge is 0.491 e. The summed E-state index contributed by atoms with van der Waals surface area (Å²) in [5.74, 6) is 0.919. The molecule has 0 amide bonds. The van der Waals surface area contributed by atoms with Crippen LogP contribution in [0.5, 0.6) is 5.75 Å². The molecule has 1 heterocycles. The minimum Gasteiger partial charge on any atom is -0.491 e. The van der Waals surface area contributed by atoms with Crippen LogP contribution in [0.4, 0.5) is 0 Å². The number of aliphatic hydroxyl groups excluding tert-OH is 1. The first-order valence-electron chi connectivity index (χ1n) is 13.0. The lowest BCUT2D eigenvalue weighted by atomic mass is 9.80. The van der Waals surface area contributed by atoms with E-state index in [2.05, 4.69) is 99.9 Å². The maximum Gasteiger partial charge on any atom is 0.123 e. The summed E-state index contributed by atoms with van der Waals surface area (Å²) >= 11 is 0. The van der Waals surface area contributed by atoms with Crippen molar-refractivity contribution in [2.75, 3.05) is 52.5 Å². The predicted octanol–water partition coefficient (Wildman–Crippen LogP) is 4.86. The van der Waals surface area contributed by atoms with Crippen molar-refractivity contribution >= 4 is 0 Å². The van der Waals surface area contributed by atoms with Crippen molar-refractivity contribution < 1.29 is 14.6 Å². The van der Waals surface area contributed by atoms with Crippen LogP contribution in [0.2, 0.25) is 0 Å². The zero-order valence-corrected chi connectivity index (χ0v) is 22.7. The molecule has 1 saturated heterocycles. The molecule has 1 atom stereocenters. The van der Waals surface area contributed by atoms with Gasteiger partial charge >= 0.3 is 0 Å². The van der Waals surface area contributed by atoms with Gasteiger partial charge in [-0.25, -0.2) is 0 Å². The highest BCUT2D eigenvalue weighted by atomic mass is 16.5. The fraction of sp³-hybridized carbons (Fsp3) is 0.600. The van der Waals surface area contributed by atoms with Crippen LogP contribution in [-0.2, 0) is 22.1 Å². The van der Waals surface area contributed by atoms with Gasteiger partial charge in [0.1, 0.15) is 12.4 Å². The summed E-state index contributed by atoms with van der Waals surface area (Å²) in [7, 11) is 0. The zero-order valence-electron chi connectivity index (χ0n) is 22.7. The highest BCUT2D eigenvalue weighted by Gasteiger charge is 2.23. The standard InChI is InChI=1S/C30H46N2O3/c1-29(2,3)25-12-13-28(27(20-25)30(4,5)6)35-19-18-34-23-26(33)22-32-16-14-31(15-17-32)21-24-10-8-7-9-11-24/h7-13,20,26,33H,14-19,21-23H2,1-6H3/t26-/m0/s1. The number of hydrogen-bond acceptors (Lipinski definition) is 5. The Morgan fingerprint density at radius 3 is 2.11 bits per heavy atom. The van der Waals surface area contributed by atoms with Crippen LogP contribution >= 0.6 is 0 Å². The van der Waals surface area contributed by atoms with E-state index in [1.54, 1.807) is 0 Å². The molecule has 2 aromatic carbocycles. The molecular weight excluding hydrogens is 436 g/mol. The lowest BCUT2D eigenvalue weighted by molar-refractivity contribution is -0.000544. The molecule has 1 aliphatic heterocycles. The van der Waals surface area contributed by atoms with E-state index in [0.29, 0.717) is 26.4 Å². The maximum atomic E-state index is 10.5. The van der Waals surface area contributed by atoms with E-state index in [-0.39, 0.29) is 10.8 Å². The minimum atomic E-state index is -0.480. The smallest absolute Gasteiger partial charge is 0.123 e. The number of aliphatic hydroxyl groups is 1. The molecule has 2 aromatic rings. The van der Waals surface area contributed by atoms with Crippen LogP contribution in [0.1, 0.15) is 58.2 Å². The van der Waals surface area contributed by atoms with Crippen LogP contribution in [-0.4, -0.2) is 73.6 Å². The molecule has 0 bridgehead atoms. The first kappa shape index (κ1) is 27.7. The van der Waals surface area contributed by atoms with E-state index in [0.717, 1.165) is 38.5 Å². The quantitative estimate of drug-likeness (QED) is 0.490. The van der Waals surface area contributed by atoms with E-state index in [1.807, 2.05) is 0 Å². The van der Waals surface area contributed by atoms with Gasteiger partial charge in [0.2, 0.25) is 0 Å². The fourth-order valence-corrected chi connectivity index (χ4v) is 4.46. The van der Waals surface area contributed by atoms with Crippen molar-refractivity contribution in [3.05, 3.63) is 65.2 Å². The molecule has 0 saturated carbocycles. The molecule has 194 valence electrons. The van der Waals surface area contributed by atoms with E-state index < -0.39 is 6.10 Å². The molecule has 0 aliphatic carbocycles. The first-order chi connectivity index (χ1) is 16.5. The van der Waals surface area contributed by atoms with E-state index in [1.165, 1.54) is 16.7 Å². The summed E-state index contributed by atoms with van der Waals surface area (Å²) in [4.78, 5) is 4.81. The van der Waals surface area contributed by atoms with Crippen LogP contribution < -0.4 is 4.74 Å². The van der Waals surface area contributed by atoms with Crippen molar-refractivity contribution in [1.29, 1.82) is 0 Å². The number of β-amino-alcohol motifs (C(OH)–C–C–N with tert-alkyl or cyclic N) is 1. The van der Waals surface area contributed by atoms with Gasteiger partial charge in [-0.1, -0.05) is 84.0 Å². The Morgan fingerprint density at radius 1 is 0.829 bits per heavy atom. The lowest BCUT2D eigenvalue weighted by Gasteiger charge is -2.35. The molecule has 3 rings (SSSR count). The van der Waals surface area contributed by atoms with Gasteiger partial charge in [-0.3, -0.25) is 9.80 Å². The Hall–Kier alpha value is -1.92. The summed E-state index contributed by atoms with van der Waals surface area (Å²) in [5.41, 5.74) is 3.99. The van der Waals surface area contributed by atoms with Gasteiger partial charge in [0.25, 0.3) is 0 Å². The number of piperazine rings is 1. The molecule has 1 aliphatic rings. The van der Waals surface area contributed by atoms with E-state index >= 15 is 0 Å². The van der Waals surface area contributed by atoms with Gasteiger partial charge in [0, 0.05) is 39.3 Å². The van der Waals surface area contributed by atoms with Gasteiger partial charge in [-0.2, -0.15) is 0 Å². The van der Waals surface area contributed by atoms with Crippen molar-refractivity contribution in [3.8, 4) is 5.75 Å². The normalized spacial score (nSPS) is 16.9. The topological polar surface area (TPSA) is 45.2 Å². The van der Waals surface area contributed by atoms with Gasteiger partial charge in [-0.05, 0) is 33.6 Å². The minimum absolute atomic E-state index is 0.00123. The Bertz CT molecular complexity index is 894. The lowest BCUT2D eigenvalue weighted by Crippen LogP contribution is -2.48.